The van der Waals surface area contributed by atoms with Crippen molar-refractivity contribution in [3.8, 4) is 0 Å². The highest BCUT2D eigenvalue weighted by molar-refractivity contribution is 5.84. The minimum absolute atomic E-state index is 0.695. The summed E-state index contributed by atoms with van der Waals surface area (Å²) < 4.78 is 0. The second-order valence-corrected chi connectivity index (χ2v) is 4.67. The quantitative estimate of drug-likeness (QED) is 0.790. The Hall–Kier alpha value is -1.28. The maximum Gasteiger partial charge on any atom is 0.0457 e. The average Bonchev–Trinajstić information content (AvgIpc) is 2.96. The van der Waals surface area contributed by atoms with Gasteiger partial charge in [0.25, 0.3) is 0 Å². The highest BCUT2D eigenvalue weighted by Gasteiger charge is 2.19. The summed E-state index contributed by atoms with van der Waals surface area (Å²) in [4.78, 5) is 3.39. The predicted octanol–water partition coefficient (Wildman–Crippen LogP) is 2.81. The molecule has 2 N–H and O–H groups in total. The van der Waals surface area contributed by atoms with Crippen LogP contribution in [0.5, 0.6) is 0 Å². The molecule has 84 valence electrons. The molecule has 1 aromatic carbocycles. The van der Waals surface area contributed by atoms with E-state index in [9.17, 15) is 0 Å². The molecule has 2 aromatic rings. The lowest BCUT2D eigenvalue weighted by molar-refractivity contribution is 0.769. The molecule has 2 heteroatoms. The SMILES string of the molecule is CCc1ccc2[nH]cc([C@H]3CCNC3)c2c1. The topological polar surface area (TPSA) is 27.8 Å². The normalized spacial score (nSPS) is 20.7. The van der Waals surface area contributed by atoms with Crippen molar-refractivity contribution in [2.75, 3.05) is 13.1 Å². The summed E-state index contributed by atoms with van der Waals surface area (Å²) in [6.45, 7) is 4.50. The molecule has 1 atom stereocenters. The van der Waals surface area contributed by atoms with Gasteiger partial charge in [0, 0.05) is 23.6 Å². The molecule has 0 saturated carbocycles. The third-order valence-electron chi connectivity index (χ3n) is 3.69. The van der Waals surface area contributed by atoms with E-state index >= 15 is 0 Å². The van der Waals surface area contributed by atoms with Crippen LogP contribution in [0.1, 0.15) is 30.4 Å². The van der Waals surface area contributed by atoms with Crippen molar-refractivity contribution in [2.24, 2.45) is 0 Å². The van der Waals surface area contributed by atoms with Gasteiger partial charge in [-0.3, -0.25) is 0 Å². The molecule has 0 spiro atoms. The molecule has 1 fully saturated rings. The van der Waals surface area contributed by atoms with Gasteiger partial charge in [-0.15, -0.1) is 0 Å². The van der Waals surface area contributed by atoms with Gasteiger partial charge in [0.1, 0.15) is 0 Å². The van der Waals surface area contributed by atoms with E-state index in [4.69, 9.17) is 0 Å². The highest BCUT2D eigenvalue weighted by Crippen LogP contribution is 2.30. The van der Waals surface area contributed by atoms with Gasteiger partial charge in [0.05, 0.1) is 0 Å². The van der Waals surface area contributed by atoms with E-state index in [1.165, 1.54) is 28.5 Å². The number of aromatic nitrogens is 1. The maximum atomic E-state index is 3.44. The fourth-order valence-corrected chi connectivity index (χ4v) is 2.67. The molecule has 0 radical (unpaired) electrons. The van der Waals surface area contributed by atoms with Crippen LogP contribution in [-0.4, -0.2) is 18.1 Å². The van der Waals surface area contributed by atoms with Crippen LogP contribution in [0.4, 0.5) is 0 Å². The molecule has 2 nitrogen and oxygen atoms in total. The van der Waals surface area contributed by atoms with Crippen LogP contribution in [0, 0.1) is 0 Å². The van der Waals surface area contributed by atoms with Crippen molar-refractivity contribution < 1.29 is 0 Å². The molecule has 2 heterocycles. The fraction of sp³-hybridized carbons (Fsp3) is 0.429. The Morgan fingerprint density at radius 2 is 2.31 bits per heavy atom. The predicted molar refractivity (Wildman–Crippen MR) is 67.9 cm³/mol. The van der Waals surface area contributed by atoms with E-state index in [-0.39, 0.29) is 0 Å². The van der Waals surface area contributed by atoms with E-state index in [0.29, 0.717) is 5.92 Å². The van der Waals surface area contributed by atoms with Gasteiger partial charge in [-0.25, -0.2) is 0 Å². The number of hydrogen-bond donors (Lipinski definition) is 2. The zero-order chi connectivity index (χ0) is 11.0. The van der Waals surface area contributed by atoms with Gasteiger partial charge in [-0.1, -0.05) is 13.0 Å². The Balaban J connectivity index is 2.09. The largest absolute Gasteiger partial charge is 0.361 e. The number of nitrogens with one attached hydrogen (secondary N) is 2. The third-order valence-corrected chi connectivity index (χ3v) is 3.69. The maximum absolute atomic E-state index is 3.44. The third kappa shape index (κ3) is 1.54. The first-order valence-corrected chi connectivity index (χ1v) is 6.19. The van der Waals surface area contributed by atoms with Gasteiger partial charge in [0.2, 0.25) is 0 Å². The van der Waals surface area contributed by atoms with Gasteiger partial charge in [0.15, 0.2) is 0 Å². The zero-order valence-electron chi connectivity index (χ0n) is 9.72. The molecule has 1 aromatic heterocycles. The minimum atomic E-state index is 0.695. The molecule has 0 aliphatic carbocycles. The van der Waals surface area contributed by atoms with Crippen LogP contribution in [0.3, 0.4) is 0 Å². The molecular weight excluding hydrogens is 196 g/mol. The Morgan fingerprint density at radius 3 is 3.06 bits per heavy atom. The molecule has 1 aliphatic heterocycles. The molecule has 1 saturated heterocycles. The molecule has 16 heavy (non-hydrogen) atoms. The molecule has 0 bridgehead atoms. The van der Waals surface area contributed by atoms with Gasteiger partial charge >= 0.3 is 0 Å². The number of benzene rings is 1. The highest BCUT2D eigenvalue weighted by atomic mass is 14.9. The van der Waals surface area contributed by atoms with Gasteiger partial charge in [-0.2, -0.15) is 0 Å². The summed E-state index contributed by atoms with van der Waals surface area (Å²) in [6.07, 6.45) is 4.58. The monoisotopic (exact) mass is 214 g/mol. The first-order valence-electron chi connectivity index (χ1n) is 6.19. The second kappa shape index (κ2) is 3.95. The smallest absolute Gasteiger partial charge is 0.0457 e. The lowest BCUT2D eigenvalue weighted by Gasteiger charge is -2.07. The number of rotatable bonds is 2. The lowest BCUT2D eigenvalue weighted by Crippen LogP contribution is -2.07. The summed E-state index contributed by atoms with van der Waals surface area (Å²) >= 11 is 0. The number of H-pyrrole nitrogens is 1. The van der Waals surface area contributed by atoms with E-state index in [2.05, 4.69) is 41.6 Å². The zero-order valence-corrected chi connectivity index (χ0v) is 9.72. The Bertz CT molecular complexity index is 492. The lowest BCUT2D eigenvalue weighted by atomic mass is 9.97. The first-order chi connectivity index (χ1) is 7.88. The van der Waals surface area contributed by atoms with Crippen molar-refractivity contribution in [3.63, 3.8) is 0 Å². The van der Waals surface area contributed by atoms with Crippen molar-refractivity contribution in [2.45, 2.75) is 25.7 Å². The summed E-state index contributed by atoms with van der Waals surface area (Å²) in [7, 11) is 0. The molecule has 1 aliphatic rings. The summed E-state index contributed by atoms with van der Waals surface area (Å²) in [5.74, 6) is 0.695. The number of aromatic amines is 1. The van der Waals surface area contributed by atoms with Crippen LogP contribution in [0.2, 0.25) is 0 Å². The van der Waals surface area contributed by atoms with Crippen molar-refractivity contribution in [1.82, 2.24) is 10.3 Å². The molecule has 3 rings (SSSR count). The van der Waals surface area contributed by atoms with Gasteiger partial charge in [-0.05, 0) is 48.6 Å². The Kier molecular flexibility index (Phi) is 2.44. The van der Waals surface area contributed by atoms with Crippen LogP contribution in [0.25, 0.3) is 10.9 Å². The molecular formula is C14H18N2. The standard InChI is InChI=1S/C14H18N2/c1-2-10-3-4-14-12(7-10)13(9-16-14)11-5-6-15-8-11/h3-4,7,9,11,15-16H,2,5-6,8H2,1H3/t11-/m0/s1. The summed E-state index contributed by atoms with van der Waals surface area (Å²) in [5, 5.41) is 4.86. The van der Waals surface area contributed by atoms with Crippen LogP contribution >= 0.6 is 0 Å². The minimum Gasteiger partial charge on any atom is -0.361 e. The van der Waals surface area contributed by atoms with E-state index < -0.39 is 0 Å². The number of hydrogen-bond acceptors (Lipinski definition) is 1. The Labute approximate surface area is 96.1 Å². The van der Waals surface area contributed by atoms with Crippen molar-refractivity contribution >= 4 is 10.9 Å². The van der Waals surface area contributed by atoms with E-state index in [0.717, 1.165) is 19.5 Å². The van der Waals surface area contributed by atoms with E-state index in [1.807, 2.05) is 0 Å². The Morgan fingerprint density at radius 1 is 1.38 bits per heavy atom. The fourth-order valence-electron chi connectivity index (χ4n) is 2.67. The molecule has 0 amide bonds. The van der Waals surface area contributed by atoms with Crippen LogP contribution in [-0.2, 0) is 6.42 Å². The summed E-state index contributed by atoms with van der Waals surface area (Å²) in [5.41, 5.74) is 4.20. The summed E-state index contributed by atoms with van der Waals surface area (Å²) in [6, 6.07) is 6.77. The van der Waals surface area contributed by atoms with E-state index in [1.54, 1.807) is 0 Å². The molecule has 0 unspecified atom stereocenters. The van der Waals surface area contributed by atoms with Crippen molar-refractivity contribution in [3.05, 3.63) is 35.5 Å². The second-order valence-electron chi connectivity index (χ2n) is 4.67. The van der Waals surface area contributed by atoms with Crippen molar-refractivity contribution in [1.29, 1.82) is 0 Å². The average molecular weight is 214 g/mol. The van der Waals surface area contributed by atoms with Gasteiger partial charge < -0.3 is 10.3 Å². The number of aryl methyl sites for hydroxylation is 1. The van der Waals surface area contributed by atoms with Crippen LogP contribution in [0.15, 0.2) is 24.4 Å². The number of fused-ring (bicyclic) bond motifs is 1. The van der Waals surface area contributed by atoms with Crippen LogP contribution < -0.4 is 5.32 Å². The first kappa shape index (κ1) is 9.91.